The maximum atomic E-state index is 12.7. The van der Waals surface area contributed by atoms with E-state index in [2.05, 4.69) is 56.3 Å². The number of carbonyl (C=O) groups is 1. The highest BCUT2D eigenvalue weighted by molar-refractivity contribution is 9.10. The molecule has 4 rings (SSSR count). The lowest BCUT2D eigenvalue weighted by atomic mass is 9.95. The van der Waals surface area contributed by atoms with Gasteiger partial charge in [0.1, 0.15) is 0 Å². The van der Waals surface area contributed by atoms with Crippen molar-refractivity contribution in [2.24, 2.45) is 0 Å². The van der Waals surface area contributed by atoms with E-state index in [1.807, 2.05) is 24.3 Å². The van der Waals surface area contributed by atoms with Crippen molar-refractivity contribution in [1.82, 2.24) is 10.2 Å². The van der Waals surface area contributed by atoms with Gasteiger partial charge >= 0.3 is 0 Å². The van der Waals surface area contributed by atoms with Crippen LogP contribution >= 0.6 is 15.9 Å². The molecular weight excluding hydrogens is 430 g/mol. The fourth-order valence-corrected chi connectivity index (χ4v) is 4.52. The first-order valence-corrected chi connectivity index (χ1v) is 11.1. The molecule has 29 heavy (non-hydrogen) atoms. The molecule has 6 heteroatoms. The molecule has 0 radical (unpaired) electrons. The standard InChI is InChI=1S/C23H28BrN3O2/c1-26-10-2-3-18-15-19(6-9-21(18)26)22(27-11-13-29-14-12-27)16-25-23(28)17-4-7-20(24)8-5-17/h4-9,15,22H,2-3,10-14,16H2,1H3,(H,25,28)/t22-/m1/s1. The van der Waals surface area contributed by atoms with E-state index in [0.29, 0.717) is 12.1 Å². The van der Waals surface area contributed by atoms with Crippen molar-refractivity contribution in [3.8, 4) is 0 Å². The maximum Gasteiger partial charge on any atom is 0.251 e. The molecule has 0 spiro atoms. The molecule has 1 atom stereocenters. The van der Waals surface area contributed by atoms with Crippen LogP contribution in [0.15, 0.2) is 46.9 Å². The molecule has 2 aliphatic heterocycles. The van der Waals surface area contributed by atoms with E-state index in [1.165, 1.54) is 23.2 Å². The average molecular weight is 458 g/mol. The summed E-state index contributed by atoms with van der Waals surface area (Å²) in [6.45, 7) is 4.95. The van der Waals surface area contributed by atoms with Crippen molar-refractivity contribution in [3.63, 3.8) is 0 Å². The number of nitrogens with zero attached hydrogens (tertiary/aromatic N) is 2. The van der Waals surface area contributed by atoms with E-state index < -0.39 is 0 Å². The molecule has 1 N–H and O–H groups in total. The van der Waals surface area contributed by atoms with Crippen LogP contribution in [0.3, 0.4) is 0 Å². The predicted octanol–water partition coefficient (Wildman–Crippen LogP) is 3.63. The zero-order valence-electron chi connectivity index (χ0n) is 16.9. The fourth-order valence-electron chi connectivity index (χ4n) is 4.25. The topological polar surface area (TPSA) is 44.8 Å². The molecule has 0 unspecified atom stereocenters. The second-order valence-corrected chi connectivity index (χ2v) is 8.71. The second kappa shape index (κ2) is 9.28. The lowest BCUT2D eigenvalue weighted by Crippen LogP contribution is -2.44. The zero-order valence-corrected chi connectivity index (χ0v) is 18.5. The first kappa shape index (κ1) is 20.4. The van der Waals surface area contributed by atoms with Crippen molar-refractivity contribution >= 4 is 27.5 Å². The summed E-state index contributed by atoms with van der Waals surface area (Å²) in [5.41, 5.74) is 4.70. The number of anilines is 1. The Balaban J connectivity index is 1.53. The van der Waals surface area contributed by atoms with Crippen LogP contribution in [0.4, 0.5) is 5.69 Å². The smallest absolute Gasteiger partial charge is 0.251 e. The van der Waals surface area contributed by atoms with Gasteiger partial charge in [0.15, 0.2) is 0 Å². The summed E-state index contributed by atoms with van der Waals surface area (Å²) < 4.78 is 6.53. The van der Waals surface area contributed by atoms with Crippen LogP contribution in [0.5, 0.6) is 0 Å². The number of benzene rings is 2. The highest BCUT2D eigenvalue weighted by Gasteiger charge is 2.25. The van der Waals surface area contributed by atoms with Gasteiger partial charge in [-0.05, 0) is 54.3 Å². The zero-order chi connectivity index (χ0) is 20.2. The third-order valence-corrected chi connectivity index (χ3v) is 6.42. The highest BCUT2D eigenvalue weighted by atomic mass is 79.9. The number of carbonyl (C=O) groups excluding carboxylic acids is 1. The van der Waals surface area contributed by atoms with Gasteiger partial charge in [0.2, 0.25) is 0 Å². The summed E-state index contributed by atoms with van der Waals surface area (Å²) in [4.78, 5) is 17.4. The van der Waals surface area contributed by atoms with Crippen LogP contribution in [-0.4, -0.2) is 57.2 Å². The van der Waals surface area contributed by atoms with Gasteiger partial charge in [-0.1, -0.05) is 28.1 Å². The number of hydrogen-bond donors (Lipinski definition) is 1. The van der Waals surface area contributed by atoms with E-state index in [-0.39, 0.29) is 11.9 Å². The Bertz CT molecular complexity index is 850. The number of nitrogens with one attached hydrogen (secondary N) is 1. The molecule has 2 aromatic carbocycles. The van der Waals surface area contributed by atoms with Crippen LogP contribution in [0, 0.1) is 0 Å². The monoisotopic (exact) mass is 457 g/mol. The lowest BCUT2D eigenvalue weighted by Gasteiger charge is -2.36. The molecule has 1 amide bonds. The van der Waals surface area contributed by atoms with Crippen molar-refractivity contribution in [1.29, 1.82) is 0 Å². The largest absolute Gasteiger partial charge is 0.379 e. The number of morpholine rings is 1. The quantitative estimate of drug-likeness (QED) is 0.744. The van der Waals surface area contributed by atoms with Gasteiger partial charge in [-0.2, -0.15) is 0 Å². The summed E-state index contributed by atoms with van der Waals surface area (Å²) in [5, 5.41) is 3.16. The molecule has 1 fully saturated rings. The summed E-state index contributed by atoms with van der Waals surface area (Å²) in [5.74, 6) is -0.0338. The third-order valence-electron chi connectivity index (χ3n) is 5.89. The van der Waals surface area contributed by atoms with Gasteiger partial charge in [0.25, 0.3) is 5.91 Å². The number of rotatable bonds is 5. The second-order valence-electron chi connectivity index (χ2n) is 7.79. The molecule has 2 heterocycles. The van der Waals surface area contributed by atoms with Gasteiger partial charge in [0, 0.05) is 49.0 Å². The van der Waals surface area contributed by atoms with Crippen LogP contribution in [0.2, 0.25) is 0 Å². The SMILES string of the molecule is CN1CCCc2cc([C@@H](CNC(=O)c3ccc(Br)cc3)N3CCOCC3)ccc21. The van der Waals surface area contributed by atoms with Crippen molar-refractivity contribution in [3.05, 3.63) is 63.6 Å². The Morgan fingerprint density at radius 3 is 2.66 bits per heavy atom. The van der Waals surface area contributed by atoms with Crippen molar-refractivity contribution in [2.45, 2.75) is 18.9 Å². The number of amides is 1. The molecule has 0 saturated carbocycles. The predicted molar refractivity (Wildman–Crippen MR) is 120 cm³/mol. The Hall–Kier alpha value is -1.89. The fraction of sp³-hybridized carbons (Fsp3) is 0.435. The van der Waals surface area contributed by atoms with E-state index in [1.54, 1.807) is 0 Å². The molecule has 2 aliphatic rings. The van der Waals surface area contributed by atoms with Gasteiger partial charge in [-0.15, -0.1) is 0 Å². The Kier molecular flexibility index (Phi) is 6.53. The number of aryl methyl sites for hydroxylation is 1. The Labute approximate surface area is 181 Å². The normalized spacial score (nSPS) is 18.2. The van der Waals surface area contributed by atoms with Crippen molar-refractivity contribution in [2.75, 3.05) is 51.3 Å². The van der Waals surface area contributed by atoms with Gasteiger partial charge in [-0.3, -0.25) is 9.69 Å². The van der Waals surface area contributed by atoms with Crippen LogP contribution in [0.25, 0.3) is 0 Å². The van der Waals surface area contributed by atoms with E-state index >= 15 is 0 Å². The summed E-state index contributed by atoms with van der Waals surface area (Å²) in [7, 11) is 2.16. The van der Waals surface area contributed by atoms with Crippen LogP contribution in [-0.2, 0) is 11.2 Å². The highest BCUT2D eigenvalue weighted by Crippen LogP contribution is 2.31. The molecule has 5 nitrogen and oxygen atoms in total. The minimum Gasteiger partial charge on any atom is -0.379 e. The molecular formula is C23H28BrN3O2. The van der Waals surface area contributed by atoms with Gasteiger partial charge < -0.3 is 15.0 Å². The first-order chi connectivity index (χ1) is 14.1. The lowest BCUT2D eigenvalue weighted by molar-refractivity contribution is 0.0162. The van der Waals surface area contributed by atoms with E-state index in [4.69, 9.17) is 4.74 Å². The van der Waals surface area contributed by atoms with Crippen molar-refractivity contribution < 1.29 is 9.53 Å². The Morgan fingerprint density at radius 1 is 1.14 bits per heavy atom. The Morgan fingerprint density at radius 2 is 1.90 bits per heavy atom. The average Bonchev–Trinajstić information content (AvgIpc) is 2.75. The van der Waals surface area contributed by atoms with Crippen LogP contribution in [0.1, 0.15) is 33.9 Å². The van der Waals surface area contributed by atoms with Gasteiger partial charge in [0.05, 0.1) is 19.3 Å². The first-order valence-electron chi connectivity index (χ1n) is 10.3. The number of halogens is 1. The summed E-state index contributed by atoms with van der Waals surface area (Å²) >= 11 is 3.42. The summed E-state index contributed by atoms with van der Waals surface area (Å²) in [6.07, 6.45) is 2.31. The summed E-state index contributed by atoms with van der Waals surface area (Å²) in [6, 6.07) is 14.5. The molecule has 154 valence electrons. The third kappa shape index (κ3) is 4.82. The minimum atomic E-state index is -0.0338. The molecule has 0 bridgehead atoms. The van der Waals surface area contributed by atoms with Gasteiger partial charge in [-0.25, -0.2) is 0 Å². The van der Waals surface area contributed by atoms with Crippen LogP contribution < -0.4 is 10.2 Å². The number of hydrogen-bond acceptors (Lipinski definition) is 4. The van der Waals surface area contributed by atoms with E-state index in [9.17, 15) is 4.79 Å². The molecule has 0 aliphatic carbocycles. The minimum absolute atomic E-state index is 0.0338. The molecule has 2 aromatic rings. The number of ether oxygens (including phenoxy) is 1. The molecule has 1 saturated heterocycles. The molecule has 0 aromatic heterocycles. The maximum absolute atomic E-state index is 12.7. The number of fused-ring (bicyclic) bond motifs is 1. The van der Waals surface area contributed by atoms with E-state index in [0.717, 1.165) is 43.7 Å².